The highest BCUT2D eigenvalue weighted by atomic mass is 35.5. The first-order valence-corrected chi connectivity index (χ1v) is 6.75. The summed E-state index contributed by atoms with van der Waals surface area (Å²) < 4.78 is 4.86. The summed E-state index contributed by atoms with van der Waals surface area (Å²) in [5.74, 6) is 0.0351. The second-order valence-electron chi connectivity index (χ2n) is 4.32. The Morgan fingerprint density at radius 1 is 1.32 bits per heavy atom. The fourth-order valence-corrected chi connectivity index (χ4v) is 1.78. The van der Waals surface area contributed by atoms with Crippen LogP contribution < -0.4 is 10.6 Å². The number of rotatable bonds is 8. The van der Waals surface area contributed by atoms with Gasteiger partial charge in [-0.15, -0.1) is 0 Å². The highest BCUT2D eigenvalue weighted by Crippen LogP contribution is 2.15. The number of nitrogens with one attached hydrogen (secondary N) is 2. The van der Waals surface area contributed by atoms with Crippen LogP contribution in [-0.4, -0.2) is 32.7 Å². The number of carbonyl (C=O) groups excluding carboxylic acids is 1. The topological polar surface area (TPSA) is 50.4 Å². The van der Waals surface area contributed by atoms with Crippen molar-refractivity contribution in [2.45, 2.75) is 19.4 Å². The standard InChI is InChI=1S/C14H21ClN2O2/c1-11(12-3-5-13(15)6-4-12)16-8-7-14(18)17-9-10-19-2/h3-6,11,16H,7-10H2,1-2H3,(H,17,18). The number of ether oxygens (including phenoxy) is 1. The van der Waals surface area contributed by atoms with Crippen molar-refractivity contribution in [3.05, 3.63) is 34.9 Å². The van der Waals surface area contributed by atoms with Gasteiger partial charge in [0.1, 0.15) is 0 Å². The monoisotopic (exact) mass is 284 g/mol. The highest BCUT2D eigenvalue weighted by molar-refractivity contribution is 6.30. The predicted molar refractivity (Wildman–Crippen MR) is 77.4 cm³/mol. The van der Waals surface area contributed by atoms with Gasteiger partial charge in [-0.3, -0.25) is 4.79 Å². The maximum Gasteiger partial charge on any atom is 0.221 e. The zero-order valence-electron chi connectivity index (χ0n) is 11.4. The zero-order chi connectivity index (χ0) is 14.1. The molecule has 0 aliphatic carbocycles. The number of halogens is 1. The van der Waals surface area contributed by atoms with Gasteiger partial charge in [0.05, 0.1) is 6.61 Å². The lowest BCUT2D eigenvalue weighted by molar-refractivity contribution is -0.121. The van der Waals surface area contributed by atoms with Gasteiger partial charge in [0, 0.05) is 37.7 Å². The summed E-state index contributed by atoms with van der Waals surface area (Å²) in [5.41, 5.74) is 1.16. The molecule has 0 saturated heterocycles. The van der Waals surface area contributed by atoms with Crippen LogP contribution in [0.2, 0.25) is 5.02 Å². The van der Waals surface area contributed by atoms with Crippen molar-refractivity contribution in [1.29, 1.82) is 0 Å². The molecule has 5 heteroatoms. The molecule has 0 spiro atoms. The van der Waals surface area contributed by atoms with E-state index in [4.69, 9.17) is 16.3 Å². The molecule has 0 heterocycles. The molecule has 4 nitrogen and oxygen atoms in total. The Morgan fingerprint density at radius 2 is 2.00 bits per heavy atom. The minimum absolute atomic E-state index is 0.0351. The van der Waals surface area contributed by atoms with Crippen LogP contribution in [0.15, 0.2) is 24.3 Å². The van der Waals surface area contributed by atoms with E-state index in [2.05, 4.69) is 17.6 Å². The van der Waals surface area contributed by atoms with Crippen LogP contribution in [0.1, 0.15) is 24.9 Å². The van der Waals surface area contributed by atoms with Crippen molar-refractivity contribution in [3.63, 3.8) is 0 Å². The molecule has 1 rings (SSSR count). The van der Waals surface area contributed by atoms with Gasteiger partial charge in [-0.2, -0.15) is 0 Å². The molecule has 0 aromatic heterocycles. The second-order valence-corrected chi connectivity index (χ2v) is 4.76. The number of amides is 1. The minimum Gasteiger partial charge on any atom is -0.383 e. The third kappa shape index (κ3) is 6.57. The number of hydrogen-bond donors (Lipinski definition) is 2. The molecule has 0 aliphatic rings. The SMILES string of the molecule is COCCNC(=O)CCNC(C)c1ccc(Cl)cc1. The fourth-order valence-electron chi connectivity index (χ4n) is 1.65. The molecule has 1 atom stereocenters. The summed E-state index contributed by atoms with van der Waals surface area (Å²) in [6.07, 6.45) is 0.460. The van der Waals surface area contributed by atoms with Gasteiger partial charge in [0.2, 0.25) is 5.91 Å². The van der Waals surface area contributed by atoms with Crippen LogP contribution in [0.5, 0.6) is 0 Å². The molecule has 0 bridgehead atoms. The third-order valence-corrected chi connectivity index (χ3v) is 3.05. The fraction of sp³-hybridized carbons (Fsp3) is 0.500. The maximum absolute atomic E-state index is 11.5. The number of hydrogen-bond acceptors (Lipinski definition) is 3. The Balaban J connectivity index is 2.21. The molecule has 0 saturated carbocycles. The van der Waals surface area contributed by atoms with Gasteiger partial charge >= 0.3 is 0 Å². The van der Waals surface area contributed by atoms with E-state index < -0.39 is 0 Å². The average Bonchev–Trinajstić information content (AvgIpc) is 2.39. The van der Waals surface area contributed by atoms with Gasteiger partial charge in [0.25, 0.3) is 0 Å². The largest absolute Gasteiger partial charge is 0.383 e. The molecule has 1 aromatic carbocycles. The van der Waals surface area contributed by atoms with Gasteiger partial charge in [-0.25, -0.2) is 0 Å². The normalized spacial score (nSPS) is 12.2. The molecule has 106 valence electrons. The maximum atomic E-state index is 11.5. The lowest BCUT2D eigenvalue weighted by atomic mass is 10.1. The summed E-state index contributed by atoms with van der Waals surface area (Å²) in [7, 11) is 1.61. The van der Waals surface area contributed by atoms with Crippen LogP contribution in [0.25, 0.3) is 0 Å². The van der Waals surface area contributed by atoms with E-state index in [-0.39, 0.29) is 11.9 Å². The van der Waals surface area contributed by atoms with E-state index in [1.807, 2.05) is 24.3 Å². The van der Waals surface area contributed by atoms with Crippen molar-refractivity contribution < 1.29 is 9.53 Å². The quantitative estimate of drug-likeness (QED) is 0.719. The van der Waals surface area contributed by atoms with E-state index >= 15 is 0 Å². The minimum atomic E-state index is 0.0351. The molecule has 0 fully saturated rings. The van der Waals surface area contributed by atoms with Gasteiger partial charge in [-0.1, -0.05) is 23.7 Å². The summed E-state index contributed by atoms with van der Waals surface area (Å²) in [4.78, 5) is 11.5. The molecule has 19 heavy (non-hydrogen) atoms. The number of methoxy groups -OCH3 is 1. The number of carbonyl (C=O) groups is 1. The van der Waals surface area contributed by atoms with Crippen molar-refractivity contribution in [2.24, 2.45) is 0 Å². The van der Waals surface area contributed by atoms with Crippen LogP contribution >= 0.6 is 11.6 Å². The average molecular weight is 285 g/mol. The summed E-state index contributed by atoms with van der Waals surface area (Å²) in [5, 5.41) is 6.82. The van der Waals surface area contributed by atoms with E-state index in [1.165, 1.54) is 0 Å². The van der Waals surface area contributed by atoms with Crippen molar-refractivity contribution in [1.82, 2.24) is 10.6 Å². The van der Waals surface area contributed by atoms with Crippen molar-refractivity contribution >= 4 is 17.5 Å². The third-order valence-electron chi connectivity index (χ3n) is 2.80. The van der Waals surface area contributed by atoms with E-state index in [0.29, 0.717) is 26.1 Å². The molecule has 0 radical (unpaired) electrons. The lowest BCUT2D eigenvalue weighted by Gasteiger charge is -2.14. The Labute approximate surface area is 119 Å². The Hall–Kier alpha value is -1.10. The summed E-state index contributed by atoms with van der Waals surface area (Å²) in [6, 6.07) is 7.90. The molecular formula is C14H21ClN2O2. The molecule has 0 aliphatic heterocycles. The first-order chi connectivity index (χ1) is 9.13. The van der Waals surface area contributed by atoms with Crippen LogP contribution in [0, 0.1) is 0 Å². The molecule has 1 aromatic rings. The van der Waals surface area contributed by atoms with E-state index in [1.54, 1.807) is 7.11 Å². The highest BCUT2D eigenvalue weighted by Gasteiger charge is 2.06. The molecular weight excluding hydrogens is 264 g/mol. The second kappa shape index (κ2) is 8.91. The van der Waals surface area contributed by atoms with E-state index in [9.17, 15) is 4.79 Å². The summed E-state index contributed by atoms with van der Waals surface area (Å²) >= 11 is 5.84. The Bertz CT molecular complexity index is 382. The zero-order valence-corrected chi connectivity index (χ0v) is 12.2. The van der Waals surface area contributed by atoms with Gasteiger partial charge in [0.15, 0.2) is 0 Å². The van der Waals surface area contributed by atoms with Gasteiger partial charge in [-0.05, 0) is 24.6 Å². The summed E-state index contributed by atoms with van der Waals surface area (Å²) in [6.45, 7) is 3.80. The first-order valence-electron chi connectivity index (χ1n) is 6.38. The van der Waals surface area contributed by atoms with Crippen LogP contribution in [0.3, 0.4) is 0 Å². The lowest BCUT2D eigenvalue weighted by Crippen LogP contribution is -2.30. The van der Waals surface area contributed by atoms with E-state index in [0.717, 1.165) is 10.6 Å². The van der Waals surface area contributed by atoms with Gasteiger partial charge < -0.3 is 15.4 Å². The molecule has 1 unspecified atom stereocenters. The van der Waals surface area contributed by atoms with Crippen molar-refractivity contribution in [3.8, 4) is 0 Å². The Morgan fingerprint density at radius 3 is 2.63 bits per heavy atom. The number of benzene rings is 1. The molecule has 1 amide bonds. The van der Waals surface area contributed by atoms with Crippen LogP contribution in [-0.2, 0) is 9.53 Å². The van der Waals surface area contributed by atoms with Crippen LogP contribution in [0.4, 0.5) is 0 Å². The smallest absolute Gasteiger partial charge is 0.221 e. The Kier molecular flexibility index (Phi) is 7.48. The van der Waals surface area contributed by atoms with Crippen molar-refractivity contribution in [2.75, 3.05) is 26.8 Å². The predicted octanol–water partition coefficient (Wildman–Crippen LogP) is 2.14. The molecule has 2 N–H and O–H groups in total. The first kappa shape index (κ1) is 16.0.